The molecule has 15 heteroatoms. The lowest BCUT2D eigenvalue weighted by atomic mass is 10.1. The largest absolute Gasteiger partial charge is 0.490 e. The highest BCUT2D eigenvalue weighted by Crippen LogP contribution is 2.26. The first-order valence-electron chi connectivity index (χ1n) is 10.8. The molecule has 2 N–H and O–H groups in total. The number of piperazine rings is 1. The number of halogens is 7. The van der Waals surface area contributed by atoms with E-state index in [1.165, 1.54) is 18.3 Å². The van der Waals surface area contributed by atoms with Crippen LogP contribution in [0, 0.1) is 11.6 Å². The predicted molar refractivity (Wildman–Crippen MR) is 119 cm³/mol. The molecular weight excluding hydrogens is 513 g/mol. The molecule has 0 radical (unpaired) electrons. The minimum atomic E-state index is -5.08. The van der Waals surface area contributed by atoms with Gasteiger partial charge in [0.2, 0.25) is 0 Å². The zero-order valence-corrected chi connectivity index (χ0v) is 19.0. The van der Waals surface area contributed by atoms with E-state index in [1.54, 1.807) is 12.3 Å². The van der Waals surface area contributed by atoms with Crippen LogP contribution in [-0.4, -0.2) is 76.3 Å². The van der Waals surface area contributed by atoms with Crippen molar-refractivity contribution in [3.05, 3.63) is 53.9 Å². The lowest BCUT2D eigenvalue weighted by Gasteiger charge is -2.36. The van der Waals surface area contributed by atoms with E-state index in [9.17, 15) is 30.7 Å². The highest BCUT2D eigenvalue weighted by molar-refractivity contribution is 5.79. The number of pyridine rings is 1. The van der Waals surface area contributed by atoms with Crippen molar-refractivity contribution in [2.75, 3.05) is 42.9 Å². The van der Waals surface area contributed by atoms with Gasteiger partial charge in [-0.15, -0.1) is 0 Å². The first kappa shape index (κ1) is 27.8. The van der Waals surface area contributed by atoms with Crippen LogP contribution in [0.2, 0.25) is 0 Å². The topological polar surface area (TPSA) is 94.5 Å². The summed E-state index contributed by atoms with van der Waals surface area (Å²) >= 11 is 0. The number of carboxylic acids is 1. The number of anilines is 2. The summed E-state index contributed by atoms with van der Waals surface area (Å²) in [7, 11) is 0. The first-order valence-corrected chi connectivity index (χ1v) is 10.8. The van der Waals surface area contributed by atoms with Gasteiger partial charge in [0, 0.05) is 50.6 Å². The molecule has 2 aromatic heterocycles. The summed E-state index contributed by atoms with van der Waals surface area (Å²) in [5.74, 6) is -3.14. The van der Waals surface area contributed by atoms with E-state index in [4.69, 9.17) is 9.90 Å². The van der Waals surface area contributed by atoms with Crippen molar-refractivity contribution in [3.63, 3.8) is 0 Å². The molecule has 200 valence electrons. The number of benzene rings is 1. The maximum absolute atomic E-state index is 13.9. The number of hydrogen-bond acceptors (Lipinski definition) is 7. The van der Waals surface area contributed by atoms with Crippen LogP contribution >= 0.6 is 0 Å². The van der Waals surface area contributed by atoms with E-state index in [0.29, 0.717) is 55.1 Å². The van der Waals surface area contributed by atoms with Gasteiger partial charge in [0.05, 0.1) is 18.3 Å². The van der Waals surface area contributed by atoms with Gasteiger partial charge in [-0.1, -0.05) is 6.07 Å². The van der Waals surface area contributed by atoms with Crippen LogP contribution in [0.15, 0.2) is 36.7 Å². The van der Waals surface area contributed by atoms with Crippen LogP contribution in [-0.2, 0) is 11.3 Å². The molecule has 1 aliphatic heterocycles. The number of aromatic nitrogens is 3. The smallest absolute Gasteiger partial charge is 0.475 e. The molecule has 1 saturated heterocycles. The van der Waals surface area contributed by atoms with Crippen molar-refractivity contribution in [2.24, 2.45) is 0 Å². The maximum atomic E-state index is 13.9. The summed E-state index contributed by atoms with van der Waals surface area (Å²) in [5, 5.41) is 9.80. The molecule has 1 aromatic carbocycles. The molecule has 0 bridgehead atoms. The molecule has 0 aliphatic carbocycles. The number of nitrogens with one attached hydrogen (secondary N) is 1. The van der Waals surface area contributed by atoms with Crippen molar-refractivity contribution >= 4 is 28.6 Å². The highest BCUT2D eigenvalue weighted by Gasteiger charge is 2.38. The SMILES string of the molecule is Fc1ccc(CN2CCN(c3nc4ccncc4nc3NCC(F)F)CC2)c(F)c1.O=C(O)C(F)(F)F. The number of carboxylic acid groups (broad SMARTS) is 1. The summed E-state index contributed by atoms with van der Waals surface area (Å²) in [6.45, 7) is 2.19. The maximum Gasteiger partial charge on any atom is 0.490 e. The molecule has 4 rings (SSSR count). The molecule has 8 nitrogen and oxygen atoms in total. The third kappa shape index (κ3) is 7.87. The van der Waals surface area contributed by atoms with Crippen LogP contribution < -0.4 is 10.2 Å². The third-order valence-electron chi connectivity index (χ3n) is 5.20. The number of rotatable bonds is 6. The van der Waals surface area contributed by atoms with E-state index in [0.717, 1.165) is 6.07 Å². The van der Waals surface area contributed by atoms with Crippen molar-refractivity contribution in [1.29, 1.82) is 0 Å². The molecule has 0 saturated carbocycles. The zero-order valence-electron chi connectivity index (χ0n) is 19.0. The number of aliphatic carboxylic acids is 1. The average molecular weight is 534 g/mol. The van der Waals surface area contributed by atoms with E-state index in [1.807, 2.05) is 4.90 Å². The number of nitrogens with zero attached hydrogens (tertiary/aromatic N) is 5. The number of fused-ring (bicyclic) bond motifs is 1. The normalized spacial score (nSPS) is 14.4. The minimum Gasteiger partial charge on any atom is -0.475 e. The molecule has 0 amide bonds. The van der Waals surface area contributed by atoms with Crippen molar-refractivity contribution in [3.8, 4) is 0 Å². The number of carbonyl (C=O) groups is 1. The quantitative estimate of drug-likeness (QED) is 0.460. The summed E-state index contributed by atoms with van der Waals surface area (Å²) in [5.41, 5.74) is 1.57. The molecule has 0 spiro atoms. The van der Waals surface area contributed by atoms with Gasteiger partial charge in [-0.25, -0.2) is 32.3 Å². The van der Waals surface area contributed by atoms with Crippen LogP contribution in [0.3, 0.4) is 0 Å². The lowest BCUT2D eigenvalue weighted by Crippen LogP contribution is -2.46. The molecule has 0 unspecified atom stereocenters. The van der Waals surface area contributed by atoms with Gasteiger partial charge in [-0.3, -0.25) is 9.88 Å². The number of alkyl halides is 5. The Morgan fingerprint density at radius 3 is 2.32 bits per heavy atom. The van der Waals surface area contributed by atoms with Crippen LogP contribution in [0.4, 0.5) is 42.4 Å². The minimum absolute atomic E-state index is 0.286. The van der Waals surface area contributed by atoms with Crippen LogP contribution in [0.25, 0.3) is 11.0 Å². The summed E-state index contributed by atoms with van der Waals surface area (Å²) in [6.07, 6.45) is -4.47. The number of hydrogen-bond donors (Lipinski definition) is 2. The molecule has 1 fully saturated rings. The van der Waals surface area contributed by atoms with Gasteiger partial charge in [-0.05, 0) is 12.1 Å². The van der Waals surface area contributed by atoms with Crippen molar-refractivity contribution in [2.45, 2.75) is 19.1 Å². The fraction of sp³-hybridized carbons (Fsp3) is 0.364. The van der Waals surface area contributed by atoms with Gasteiger partial charge < -0.3 is 15.3 Å². The molecule has 0 atom stereocenters. The fourth-order valence-corrected chi connectivity index (χ4v) is 3.42. The average Bonchev–Trinajstić information content (AvgIpc) is 2.84. The van der Waals surface area contributed by atoms with Crippen molar-refractivity contribution in [1.82, 2.24) is 19.9 Å². The molecular formula is C22H21F7N6O2. The summed E-state index contributed by atoms with van der Waals surface area (Å²) in [4.78, 5) is 25.9. The standard InChI is InChI=1S/C20H20F4N6.C2HF3O2/c21-14-2-1-13(15(22)9-14)12-29-5-7-30(8-6-29)20-19(26-11-18(23)24)27-17-10-25-4-3-16(17)28-20;3-2(4,5)1(6)7/h1-4,9-10,18H,5-8,11-12H2,(H,26,27);(H,6,7). The van der Waals surface area contributed by atoms with Crippen LogP contribution in [0.1, 0.15) is 5.56 Å². The van der Waals surface area contributed by atoms with Gasteiger partial charge in [0.15, 0.2) is 11.6 Å². The van der Waals surface area contributed by atoms with E-state index >= 15 is 0 Å². The monoisotopic (exact) mass is 534 g/mol. The summed E-state index contributed by atoms with van der Waals surface area (Å²) < 4.78 is 84.2. The van der Waals surface area contributed by atoms with Gasteiger partial charge in [-0.2, -0.15) is 13.2 Å². The second kappa shape index (κ2) is 12.0. The lowest BCUT2D eigenvalue weighted by molar-refractivity contribution is -0.192. The Hall–Kier alpha value is -3.75. The van der Waals surface area contributed by atoms with Crippen LogP contribution in [0.5, 0.6) is 0 Å². The highest BCUT2D eigenvalue weighted by atomic mass is 19.4. The van der Waals surface area contributed by atoms with E-state index in [2.05, 4.69) is 25.2 Å². The Kier molecular flexibility index (Phi) is 9.02. The fourth-order valence-electron chi connectivity index (χ4n) is 3.42. The second-order valence-corrected chi connectivity index (χ2v) is 7.83. The molecule has 37 heavy (non-hydrogen) atoms. The Morgan fingerprint density at radius 2 is 1.73 bits per heavy atom. The predicted octanol–water partition coefficient (Wildman–Crippen LogP) is 3.94. The molecule has 3 aromatic rings. The van der Waals surface area contributed by atoms with Gasteiger partial charge in [0.1, 0.15) is 17.2 Å². The molecule has 3 heterocycles. The zero-order chi connectivity index (χ0) is 27.2. The Balaban J connectivity index is 0.000000479. The van der Waals surface area contributed by atoms with Gasteiger partial charge >= 0.3 is 12.1 Å². The Labute approximate surface area is 205 Å². The Bertz CT molecular complexity index is 1220. The van der Waals surface area contributed by atoms with E-state index in [-0.39, 0.29) is 5.82 Å². The Morgan fingerprint density at radius 1 is 1.05 bits per heavy atom. The first-order chi connectivity index (χ1) is 17.4. The second-order valence-electron chi connectivity index (χ2n) is 7.83. The third-order valence-corrected chi connectivity index (χ3v) is 5.20. The molecule has 1 aliphatic rings. The van der Waals surface area contributed by atoms with E-state index < -0.39 is 36.8 Å². The van der Waals surface area contributed by atoms with Crippen molar-refractivity contribution < 1.29 is 40.6 Å². The van der Waals surface area contributed by atoms with Gasteiger partial charge in [0.25, 0.3) is 6.43 Å². The summed E-state index contributed by atoms with van der Waals surface area (Å²) in [6, 6.07) is 5.30.